The van der Waals surface area contributed by atoms with Gasteiger partial charge in [0.2, 0.25) is 0 Å². The standard InChI is InChI=1S/C20H18N6.C18H12N6.CH3I.2HI/c1-23-13-25(19-17(23)8-4-10-21-19)15-6-3-7-16(12-15)26-14-24(2)18-9-5-11-22-20(18)26;1-4-13(23-11-21-15-6-2-8-19-17(15)23)10-14(5-1)24-12-22-16-7-3-9-20-18(16)24;1-2;;/h3-14H,1-2H3;1-12H;1H3;2*1H/q+2;;;;/p-2. The highest BCUT2D eigenvalue weighted by atomic mass is 127. The summed E-state index contributed by atoms with van der Waals surface area (Å²) in [6.45, 7) is 0. The molecule has 0 aliphatic heterocycles. The fraction of sp³-hybridized carbons (Fsp3) is 0.0769. The van der Waals surface area contributed by atoms with Gasteiger partial charge in [-0.1, -0.05) is 34.7 Å². The van der Waals surface area contributed by atoms with Gasteiger partial charge in [0.05, 0.1) is 25.5 Å². The number of nitrogens with zero attached hydrogens (tertiary/aromatic N) is 12. The van der Waals surface area contributed by atoms with Crippen molar-refractivity contribution in [2.45, 2.75) is 0 Å². The molecule has 0 unspecified atom stereocenters. The molecule has 0 radical (unpaired) electrons. The number of pyridine rings is 4. The highest BCUT2D eigenvalue weighted by Crippen LogP contribution is 2.22. The zero-order valence-electron chi connectivity index (χ0n) is 29.4. The van der Waals surface area contributed by atoms with Gasteiger partial charge in [-0.15, -0.1) is 0 Å². The van der Waals surface area contributed by atoms with E-state index in [1.54, 1.807) is 25.0 Å². The molecule has 0 N–H and O–H groups in total. The van der Waals surface area contributed by atoms with Crippen LogP contribution in [0.25, 0.3) is 67.4 Å². The molecule has 0 saturated heterocycles. The van der Waals surface area contributed by atoms with Crippen LogP contribution in [-0.2, 0) is 14.1 Å². The third-order valence-electron chi connectivity index (χ3n) is 8.71. The maximum atomic E-state index is 4.55. The van der Waals surface area contributed by atoms with Crippen LogP contribution in [0.3, 0.4) is 0 Å². The summed E-state index contributed by atoms with van der Waals surface area (Å²) in [6.07, 6.45) is 14.9. The Kier molecular flexibility index (Phi) is 12.3. The van der Waals surface area contributed by atoms with Crippen molar-refractivity contribution in [2.24, 2.45) is 14.1 Å². The minimum atomic E-state index is 0. The summed E-state index contributed by atoms with van der Waals surface area (Å²) < 4.78 is 12.3. The lowest BCUT2D eigenvalue weighted by Gasteiger charge is -2.08. The maximum absolute atomic E-state index is 4.55. The average Bonchev–Trinajstić information content (AvgIpc) is 4.00. The number of rotatable bonds is 4. The molecule has 10 rings (SSSR count). The van der Waals surface area contributed by atoms with E-state index in [0.717, 1.165) is 67.4 Å². The summed E-state index contributed by atoms with van der Waals surface area (Å²) in [5.74, 6) is 0. The predicted molar refractivity (Wildman–Crippen MR) is 209 cm³/mol. The molecule has 0 bridgehead atoms. The molecule has 270 valence electrons. The normalized spacial score (nSPS) is 10.7. The minimum absolute atomic E-state index is 0. The molecule has 0 atom stereocenters. The van der Waals surface area contributed by atoms with Crippen molar-refractivity contribution >= 4 is 67.2 Å². The van der Waals surface area contributed by atoms with Gasteiger partial charge in [0.1, 0.15) is 35.1 Å². The molecule has 0 aliphatic carbocycles. The lowest BCUT2D eigenvalue weighted by Crippen LogP contribution is -3.00. The average molecular weight is 1050 g/mol. The van der Waals surface area contributed by atoms with Crippen LogP contribution in [0.5, 0.6) is 0 Å². The largest absolute Gasteiger partial charge is 1.00 e. The van der Waals surface area contributed by atoms with Gasteiger partial charge in [-0.3, -0.25) is 9.13 Å². The number of fused-ring (bicyclic) bond motifs is 4. The number of hydrogen-bond donors (Lipinski definition) is 0. The van der Waals surface area contributed by atoms with E-state index in [1.807, 2.05) is 95.2 Å². The molecular formula is C39H33I3N12. The quantitative estimate of drug-likeness (QED) is 0.142. The van der Waals surface area contributed by atoms with E-state index in [-0.39, 0.29) is 48.0 Å². The van der Waals surface area contributed by atoms with Crippen molar-refractivity contribution in [1.29, 1.82) is 0 Å². The van der Waals surface area contributed by atoms with Crippen molar-refractivity contribution in [3.05, 3.63) is 147 Å². The Morgan fingerprint density at radius 1 is 0.426 bits per heavy atom. The van der Waals surface area contributed by atoms with Crippen molar-refractivity contribution in [3.8, 4) is 22.7 Å². The van der Waals surface area contributed by atoms with Gasteiger partial charge < -0.3 is 48.0 Å². The van der Waals surface area contributed by atoms with E-state index in [2.05, 4.69) is 126 Å². The maximum Gasteiger partial charge on any atom is 0.273 e. The first-order valence-corrected chi connectivity index (χ1v) is 18.6. The van der Waals surface area contributed by atoms with E-state index in [0.29, 0.717) is 0 Å². The number of aromatic nitrogens is 12. The van der Waals surface area contributed by atoms with Crippen LogP contribution in [-0.4, -0.2) is 53.1 Å². The molecular weight excluding hydrogens is 1020 g/mol. The SMILES string of the molecule is CI.C[n+]1cn(-c2cccc(-n3c[n+](C)c4cccnc43)c2)c2ncccc21.[I-].[I-].c1cc(-n2cnc3cccnc32)cc(-n2cnc3cccnc32)c1. The van der Waals surface area contributed by atoms with Crippen molar-refractivity contribution in [3.63, 3.8) is 0 Å². The van der Waals surface area contributed by atoms with Gasteiger partial charge in [-0.05, 0) is 83.8 Å². The second-order valence-electron chi connectivity index (χ2n) is 11.8. The molecule has 12 nitrogen and oxygen atoms in total. The molecule has 2 aromatic carbocycles. The van der Waals surface area contributed by atoms with Crippen LogP contribution >= 0.6 is 22.6 Å². The zero-order chi connectivity index (χ0) is 35.6. The Morgan fingerprint density at radius 3 is 1.19 bits per heavy atom. The molecule has 8 heterocycles. The molecule has 0 amide bonds. The van der Waals surface area contributed by atoms with E-state index in [1.165, 1.54) is 0 Å². The Morgan fingerprint density at radius 2 is 0.778 bits per heavy atom. The molecule has 15 heteroatoms. The lowest BCUT2D eigenvalue weighted by molar-refractivity contribution is -0.645. The van der Waals surface area contributed by atoms with Crippen molar-refractivity contribution in [1.82, 2.24) is 48.2 Å². The summed E-state index contributed by atoms with van der Waals surface area (Å²) in [7, 11) is 4.07. The van der Waals surface area contributed by atoms with Crippen LogP contribution < -0.4 is 57.1 Å². The minimum Gasteiger partial charge on any atom is -1.00 e. The number of imidazole rings is 4. The zero-order valence-corrected chi connectivity index (χ0v) is 35.8. The summed E-state index contributed by atoms with van der Waals surface area (Å²) in [4.78, 5) is 28.7. The number of hydrogen-bond acceptors (Lipinski definition) is 6. The summed E-state index contributed by atoms with van der Waals surface area (Å²) in [5.41, 5.74) is 11.6. The topological polar surface area (TPSA) is 105 Å². The third kappa shape index (κ3) is 7.30. The first kappa shape index (κ1) is 38.8. The highest BCUT2D eigenvalue weighted by molar-refractivity contribution is 14.1. The van der Waals surface area contributed by atoms with Gasteiger partial charge >= 0.3 is 0 Å². The van der Waals surface area contributed by atoms with Crippen LogP contribution in [0.2, 0.25) is 0 Å². The molecule has 54 heavy (non-hydrogen) atoms. The summed E-state index contributed by atoms with van der Waals surface area (Å²) in [5, 5.41) is 0. The van der Waals surface area contributed by atoms with E-state index in [9.17, 15) is 0 Å². The Hall–Kier alpha value is -4.89. The molecule has 10 aromatic rings. The van der Waals surface area contributed by atoms with Crippen LogP contribution in [0.15, 0.2) is 147 Å². The fourth-order valence-corrected chi connectivity index (χ4v) is 6.32. The van der Waals surface area contributed by atoms with Crippen molar-refractivity contribution in [2.75, 3.05) is 4.93 Å². The molecule has 0 saturated carbocycles. The first-order valence-electron chi connectivity index (χ1n) is 16.4. The van der Waals surface area contributed by atoms with Gasteiger partial charge in [0.15, 0.2) is 22.3 Å². The molecule has 0 aliphatic rings. The van der Waals surface area contributed by atoms with Gasteiger partial charge in [0, 0.05) is 30.9 Å². The second kappa shape index (κ2) is 17.1. The van der Waals surface area contributed by atoms with E-state index in [4.69, 9.17) is 0 Å². The van der Waals surface area contributed by atoms with Gasteiger partial charge in [0.25, 0.3) is 23.9 Å². The van der Waals surface area contributed by atoms with E-state index >= 15 is 0 Å². The Labute approximate surface area is 358 Å². The van der Waals surface area contributed by atoms with Crippen molar-refractivity contribution < 1.29 is 57.1 Å². The number of aryl methyl sites for hydroxylation is 2. The third-order valence-corrected chi connectivity index (χ3v) is 8.71. The molecule has 0 spiro atoms. The van der Waals surface area contributed by atoms with E-state index < -0.39 is 0 Å². The second-order valence-corrected chi connectivity index (χ2v) is 11.8. The first-order chi connectivity index (χ1) is 25.6. The predicted octanol–water partition coefficient (Wildman–Crippen LogP) is 0.227. The number of alkyl halides is 1. The van der Waals surface area contributed by atoms with Crippen LogP contribution in [0.1, 0.15) is 0 Å². The molecule has 8 aromatic heterocycles. The van der Waals surface area contributed by atoms with Crippen LogP contribution in [0, 0.1) is 0 Å². The lowest BCUT2D eigenvalue weighted by atomic mass is 10.2. The van der Waals surface area contributed by atoms with Gasteiger partial charge in [-0.25, -0.2) is 39.0 Å². The highest BCUT2D eigenvalue weighted by Gasteiger charge is 2.20. The fourth-order valence-electron chi connectivity index (χ4n) is 6.32. The smallest absolute Gasteiger partial charge is 0.273 e. The Bertz CT molecular complexity index is 2650. The van der Waals surface area contributed by atoms with Crippen LogP contribution in [0.4, 0.5) is 0 Å². The Balaban J connectivity index is 0.000000171. The number of halogens is 3. The number of benzene rings is 2. The summed E-state index contributed by atoms with van der Waals surface area (Å²) in [6, 6.07) is 32.3. The summed E-state index contributed by atoms with van der Waals surface area (Å²) >= 11 is 2.15. The van der Waals surface area contributed by atoms with Gasteiger partial charge in [-0.2, -0.15) is 9.13 Å². The molecule has 0 fully saturated rings. The monoisotopic (exact) mass is 1050 g/mol.